The number of fused-ring (bicyclic) bond motifs is 1. The zero-order chi connectivity index (χ0) is 7.68. The number of rotatable bonds is 1. The van der Waals surface area contributed by atoms with Crippen molar-refractivity contribution in [1.82, 2.24) is 9.38 Å². The van der Waals surface area contributed by atoms with E-state index in [9.17, 15) is 0 Å². The first-order valence-electron chi connectivity index (χ1n) is 3.51. The molecule has 0 saturated heterocycles. The van der Waals surface area contributed by atoms with E-state index in [1.165, 1.54) is 0 Å². The van der Waals surface area contributed by atoms with Crippen LogP contribution in [0.5, 0.6) is 0 Å². The van der Waals surface area contributed by atoms with Gasteiger partial charge in [-0.3, -0.25) is 4.40 Å². The molecule has 0 aliphatic carbocycles. The lowest BCUT2D eigenvalue weighted by molar-refractivity contribution is 1.14. The monoisotopic (exact) mass is 147 g/mol. The topological polar surface area (TPSA) is 29.3 Å². The number of imidazole rings is 1. The van der Waals surface area contributed by atoms with Gasteiger partial charge in [-0.25, -0.2) is 4.98 Å². The van der Waals surface area contributed by atoms with E-state index in [0.717, 1.165) is 11.5 Å². The Labute approximate surface area is 64.7 Å². The summed E-state index contributed by atoms with van der Waals surface area (Å²) in [4.78, 5) is 4.17. The molecular weight excluding hydrogens is 138 g/mol. The molecule has 0 spiro atoms. The molecular formula is C8H9N3. The van der Waals surface area contributed by atoms with Crippen molar-refractivity contribution >= 4 is 11.5 Å². The van der Waals surface area contributed by atoms with Gasteiger partial charge in [-0.2, -0.15) is 0 Å². The molecule has 0 aliphatic heterocycles. The highest BCUT2D eigenvalue weighted by Crippen LogP contribution is 2.08. The molecule has 11 heavy (non-hydrogen) atoms. The van der Waals surface area contributed by atoms with Crippen LogP contribution in [0.25, 0.3) is 5.52 Å². The van der Waals surface area contributed by atoms with Gasteiger partial charge in [-0.15, -0.1) is 0 Å². The standard InChI is InChI=1S/C8H9N3/c1-9-8-10-6-7-4-2-3-5-11(7)8/h2-6H,1H3,(H,9,10). The molecule has 0 amide bonds. The van der Waals surface area contributed by atoms with Crippen LogP contribution >= 0.6 is 0 Å². The predicted molar refractivity (Wildman–Crippen MR) is 44.7 cm³/mol. The van der Waals surface area contributed by atoms with Crippen molar-refractivity contribution < 1.29 is 0 Å². The quantitative estimate of drug-likeness (QED) is 0.660. The second kappa shape index (κ2) is 2.27. The van der Waals surface area contributed by atoms with Crippen molar-refractivity contribution in [3.8, 4) is 0 Å². The van der Waals surface area contributed by atoms with Gasteiger partial charge in [0.15, 0.2) is 0 Å². The summed E-state index contributed by atoms with van der Waals surface area (Å²) in [6, 6.07) is 6.00. The SMILES string of the molecule is CNc1ncc2ccccn12. The molecule has 3 heteroatoms. The molecule has 0 aromatic carbocycles. The summed E-state index contributed by atoms with van der Waals surface area (Å²) < 4.78 is 2.00. The number of anilines is 1. The molecule has 56 valence electrons. The molecule has 1 N–H and O–H groups in total. The van der Waals surface area contributed by atoms with E-state index in [0.29, 0.717) is 0 Å². The summed E-state index contributed by atoms with van der Waals surface area (Å²) in [6.45, 7) is 0. The molecule has 0 unspecified atom stereocenters. The van der Waals surface area contributed by atoms with E-state index >= 15 is 0 Å². The normalized spacial score (nSPS) is 10.3. The van der Waals surface area contributed by atoms with Crippen LogP contribution < -0.4 is 5.32 Å². The van der Waals surface area contributed by atoms with Crippen molar-refractivity contribution in [2.75, 3.05) is 12.4 Å². The average Bonchev–Trinajstić information content (AvgIpc) is 2.47. The van der Waals surface area contributed by atoms with E-state index in [-0.39, 0.29) is 0 Å². The van der Waals surface area contributed by atoms with Crippen LogP contribution in [0.3, 0.4) is 0 Å². The van der Waals surface area contributed by atoms with Crippen LogP contribution in [0.15, 0.2) is 30.6 Å². The van der Waals surface area contributed by atoms with Gasteiger partial charge in [0.25, 0.3) is 0 Å². The Hall–Kier alpha value is -1.51. The lowest BCUT2D eigenvalue weighted by Gasteiger charge is -1.96. The van der Waals surface area contributed by atoms with Crippen LogP contribution in [0.2, 0.25) is 0 Å². The highest BCUT2D eigenvalue weighted by Gasteiger charge is 1.96. The van der Waals surface area contributed by atoms with Gasteiger partial charge in [0.05, 0.1) is 11.7 Å². The van der Waals surface area contributed by atoms with Crippen LogP contribution in [0.1, 0.15) is 0 Å². The molecule has 2 aromatic rings. The van der Waals surface area contributed by atoms with Crippen molar-refractivity contribution in [1.29, 1.82) is 0 Å². The molecule has 2 rings (SSSR count). The maximum atomic E-state index is 4.17. The smallest absolute Gasteiger partial charge is 0.207 e. The van der Waals surface area contributed by atoms with Gasteiger partial charge in [0.2, 0.25) is 5.95 Å². The highest BCUT2D eigenvalue weighted by molar-refractivity contribution is 5.51. The van der Waals surface area contributed by atoms with Crippen LogP contribution in [-0.4, -0.2) is 16.4 Å². The minimum absolute atomic E-state index is 0.876. The lowest BCUT2D eigenvalue weighted by Crippen LogP contribution is -1.94. The predicted octanol–water partition coefficient (Wildman–Crippen LogP) is 1.38. The van der Waals surface area contributed by atoms with Crippen molar-refractivity contribution in [2.24, 2.45) is 0 Å². The van der Waals surface area contributed by atoms with Crippen LogP contribution in [0.4, 0.5) is 5.95 Å². The van der Waals surface area contributed by atoms with E-state index in [1.807, 2.05) is 42.0 Å². The Kier molecular flexibility index (Phi) is 1.28. The highest BCUT2D eigenvalue weighted by atomic mass is 15.1. The zero-order valence-electron chi connectivity index (χ0n) is 6.28. The molecule has 0 fully saturated rings. The minimum Gasteiger partial charge on any atom is -0.358 e. The molecule has 0 saturated carbocycles. The number of pyridine rings is 1. The van der Waals surface area contributed by atoms with Gasteiger partial charge in [0.1, 0.15) is 0 Å². The molecule has 2 aromatic heterocycles. The fourth-order valence-electron chi connectivity index (χ4n) is 1.13. The van der Waals surface area contributed by atoms with Crippen LogP contribution in [0, 0.1) is 0 Å². The zero-order valence-corrected chi connectivity index (χ0v) is 6.28. The summed E-state index contributed by atoms with van der Waals surface area (Å²) in [5, 5.41) is 3.00. The molecule has 0 radical (unpaired) electrons. The average molecular weight is 147 g/mol. The summed E-state index contributed by atoms with van der Waals surface area (Å²) in [5.41, 5.74) is 1.11. The first-order chi connectivity index (χ1) is 5.42. The molecule has 3 nitrogen and oxygen atoms in total. The second-order valence-electron chi connectivity index (χ2n) is 2.33. The molecule has 0 aliphatic rings. The van der Waals surface area contributed by atoms with Crippen molar-refractivity contribution in [3.05, 3.63) is 30.6 Å². The second-order valence-corrected chi connectivity index (χ2v) is 2.33. The van der Waals surface area contributed by atoms with E-state index in [1.54, 1.807) is 0 Å². The van der Waals surface area contributed by atoms with E-state index in [4.69, 9.17) is 0 Å². The minimum atomic E-state index is 0.876. The summed E-state index contributed by atoms with van der Waals surface area (Å²) in [5.74, 6) is 0.876. The third-order valence-electron chi connectivity index (χ3n) is 1.66. The van der Waals surface area contributed by atoms with Gasteiger partial charge >= 0.3 is 0 Å². The third-order valence-corrected chi connectivity index (χ3v) is 1.66. The first kappa shape index (κ1) is 6.22. The fourth-order valence-corrected chi connectivity index (χ4v) is 1.13. The Bertz CT molecular complexity index is 364. The third kappa shape index (κ3) is 0.852. The Morgan fingerprint density at radius 3 is 3.18 bits per heavy atom. The number of aromatic nitrogens is 2. The summed E-state index contributed by atoms with van der Waals surface area (Å²) in [6.07, 6.45) is 3.82. The Balaban J connectivity index is 2.76. The van der Waals surface area contributed by atoms with Gasteiger partial charge in [-0.1, -0.05) is 6.07 Å². The number of hydrogen-bond acceptors (Lipinski definition) is 2. The molecule has 0 bridgehead atoms. The fraction of sp³-hybridized carbons (Fsp3) is 0.125. The summed E-state index contributed by atoms with van der Waals surface area (Å²) in [7, 11) is 1.86. The van der Waals surface area contributed by atoms with Crippen molar-refractivity contribution in [2.45, 2.75) is 0 Å². The maximum absolute atomic E-state index is 4.17. The Morgan fingerprint density at radius 2 is 2.36 bits per heavy atom. The van der Waals surface area contributed by atoms with E-state index in [2.05, 4.69) is 10.3 Å². The van der Waals surface area contributed by atoms with Crippen molar-refractivity contribution in [3.63, 3.8) is 0 Å². The van der Waals surface area contributed by atoms with Gasteiger partial charge < -0.3 is 5.32 Å². The molecule has 0 atom stereocenters. The first-order valence-corrected chi connectivity index (χ1v) is 3.51. The van der Waals surface area contributed by atoms with E-state index < -0.39 is 0 Å². The number of hydrogen-bond donors (Lipinski definition) is 1. The lowest BCUT2D eigenvalue weighted by atomic mass is 10.4. The largest absolute Gasteiger partial charge is 0.358 e. The summed E-state index contributed by atoms with van der Waals surface area (Å²) >= 11 is 0. The molecule has 2 heterocycles. The number of nitrogens with one attached hydrogen (secondary N) is 1. The maximum Gasteiger partial charge on any atom is 0.207 e. The van der Waals surface area contributed by atoms with Crippen LogP contribution in [-0.2, 0) is 0 Å². The van der Waals surface area contributed by atoms with Gasteiger partial charge in [-0.05, 0) is 12.1 Å². The Morgan fingerprint density at radius 1 is 1.45 bits per heavy atom. The number of nitrogens with zero attached hydrogens (tertiary/aromatic N) is 2. The van der Waals surface area contributed by atoms with Gasteiger partial charge in [0, 0.05) is 13.2 Å².